The molecule has 0 atom stereocenters. The molecule has 0 bridgehead atoms. The lowest BCUT2D eigenvalue weighted by Gasteiger charge is -2.20. The van der Waals surface area contributed by atoms with E-state index in [2.05, 4.69) is 46.8 Å². The Morgan fingerprint density at radius 2 is 2.25 bits per heavy atom. The van der Waals surface area contributed by atoms with E-state index in [0.717, 1.165) is 17.7 Å². The highest BCUT2D eigenvalue weighted by Crippen LogP contribution is 2.22. The molecule has 1 rings (SSSR count). The number of aryl methyl sites for hydroxylation is 1. The lowest BCUT2D eigenvalue weighted by atomic mass is 9.96. The second kappa shape index (κ2) is 3.56. The van der Waals surface area contributed by atoms with Crippen molar-refractivity contribution < 1.29 is 0 Å². The van der Waals surface area contributed by atoms with Gasteiger partial charge in [0.25, 0.3) is 0 Å². The van der Waals surface area contributed by atoms with E-state index < -0.39 is 0 Å². The number of nitrogens with zero attached hydrogens (tertiary/aromatic N) is 3. The summed E-state index contributed by atoms with van der Waals surface area (Å²) in [6.07, 6.45) is 1.61. The summed E-state index contributed by atoms with van der Waals surface area (Å²) in [5, 5.41) is 5.04. The van der Waals surface area contributed by atoms with E-state index in [9.17, 15) is 0 Å². The number of aromatic nitrogens is 3. The van der Waals surface area contributed by atoms with Gasteiger partial charge in [-0.3, -0.25) is 0 Å². The fraction of sp³-hybridized carbons (Fsp3) is 0.750. The lowest BCUT2D eigenvalue weighted by molar-refractivity contribution is 0.493. The average molecular weight is 232 g/mol. The Morgan fingerprint density at radius 3 is 2.75 bits per heavy atom. The third-order valence-electron chi connectivity index (χ3n) is 1.85. The Kier molecular flexibility index (Phi) is 2.88. The van der Waals surface area contributed by atoms with Crippen molar-refractivity contribution in [3.63, 3.8) is 0 Å². The number of hydrogen-bond acceptors (Lipinski definition) is 2. The first-order valence-electron chi connectivity index (χ1n) is 4.06. The molecule has 1 aromatic heterocycles. The van der Waals surface area contributed by atoms with Crippen LogP contribution in [0.3, 0.4) is 0 Å². The molecule has 0 amide bonds. The second-order valence-electron chi connectivity index (χ2n) is 3.42. The van der Waals surface area contributed by atoms with Gasteiger partial charge in [-0.25, -0.2) is 9.67 Å². The zero-order valence-electron chi connectivity index (χ0n) is 7.71. The van der Waals surface area contributed by atoms with Crippen molar-refractivity contribution in [1.29, 1.82) is 0 Å². The van der Waals surface area contributed by atoms with E-state index in [4.69, 9.17) is 0 Å². The molecule has 0 radical (unpaired) electrons. The maximum Gasteiger partial charge on any atom is 0.138 e. The highest BCUT2D eigenvalue weighted by molar-refractivity contribution is 9.09. The molecule has 0 N–H and O–H groups in total. The van der Waals surface area contributed by atoms with Crippen molar-refractivity contribution in [3.05, 3.63) is 12.2 Å². The van der Waals surface area contributed by atoms with Crippen molar-refractivity contribution in [1.82, 2.24) is 14.8 Å². The molecule has 0 saturated carbocycles. The SMILES string of the molecule is CCn1ncnc1C(C)(C)CBr. The molecule has 1 heterocycles. The van der Waals surface area contributed by atoms with Gasteiger partial charge in [-0.05, 0) is 6.92 Å². The van der Waals surface area contributed by atoms with Crippen LogP contribution in [-0.2, 0) is 12.0 Å². The van der Waals surface area contributed by atoms with E-state index in [1.807, 2.05) is 4.68 Å². The number of alkyl halides is 1. The highest BCUT2D eigenvalue weighted by Gasteiger charge is 2.24. The van der Waals surface area contributed by atoms with Crippen molar-refractivity contribution in [3.8, 4) is 0 Å². The number of halogens is 1. The molecule has 4 heteroatoms. The van der Waals surface area contributed by atoms with Crippen LogP contribution in [0.15, 0.2) is 6.33 Å². The maximum absolute atomic E-state index is 4.25. The molecule has 0 aliphatic rings. The largest absolute Gasteiger partial charge is 0.250 e. The van der Waals surface area contributed by atoms with Gasteiger partial charge in [-0.15, -0.1) is 0 Å². The summed E-state index contributed by atoms with van der Waals surface area (Å²) < 4.78 is 1.93. The third-order valence-corrected chi connectivity index (χ3v) is 3.26. The zero-order chi connectivity index (χ0) is 9.19. The summed E-state index contributed by atoms with van der Waals surface area (Å²) in [6.45, 7) is 7.25. The lowest BCUT2D eigenvalue weighted by Crippen LogP contribution is -2.24. The normalized spacial score (nSPS) is 12.0. The predicted molar refractivity (Wildman–Crippen MR) is 52.5 cm³/mol. The molecule has 0 aliphatic carbocycles. The van der Waals surface area contributed by atoms with Crippen molar-refractivity contribution in [2.24, 2.45) is 0 Å². The molecule has 0 fully saturated rings. The van der Waals surface area contributed by atoms with E-state index in [-0.39, 0.29) is 5.41 Å². The molecular weight excluding hydrogens is 218 g/mol. The summed E-state index contributed by atoms with van der Waals surface area (Å²) in [5.41, 5.74) is 0.0620. The van der Waals surface area contributed by atoms with Crippen LogP contribution >= 0.6 is 15.9 Å². The van der Waals surface area contributed by atoms with Gasteiger partial charge < -0.3 is 0 Å². The van der Waals surface area contributed by atoms with Gasteiger partial charge in [0.1, 0.15) is 12.2 Å². The van der Waals surface area contributed by atoms with E-state index >= 15 is 0 Å². The van der Waals surface area contributed by atoms with Crippen LogP contribution in [0.4, 0.5) is 0 Å². The molecule has 0 unspecified atom stereocenters. The molecule has 0 spiro atoms. The summed E-state index contributed by atoms with van der Waals surface area (Å²) >= 11 is 3.47. The Balaban J connectivity index is 3.00. The van der Waals surface area contributed by atoms with Gasteiger partial charge in [-0.1, -0.05) is 29.8 Å². The summed E-state index contributed by atoms with van der Waals surface area (Å²) in [4.78, 5) is 4.25. The van der Waals surface area contributed by atoms with Crippen LogP contribution in [0.5, 0.6) is 0 Å². The van der Waals surface area contributed by atoms with Crippen LogP contribution in [0.2, 0.25) is 0 Å². The molecule has 3 nitrogen and oxygen atoms in total. The van der Waals surface area contributed by atoms with Gasteiger partial charge >= 0.3 is 0 Å². The minimum Gasteiger partial charge on any atom is -0.250 e. The van der Waals surface area contributed by atoms with Crippen LogP contribution < -0.4 is 0 Å². The molecule has 0 aromatic carbocycles. The van der Waals surface area contributed by atoms with Crippen molar-refractivity contribution in [2.75, 3.05) is 5.33 Å². The standard InChI is InChI=1S/C8H14BrN3/c1-4-12-7(10-6-11-12)8(2,3)5-9/h6H,4-5H2,1-3H3. The minimum atomic E-state index is 0.0620. The third kappa shape index (κ3) is 1.68. The molecule has 1 aromatic rings. The maximum atomic E-state index is 4.25. The van der Waals surface area contributed by atoms with E-state index in [0.29, 0.717) is 0 Å². The van der Waals surface area contributed by atoms with E-state index in [1.165, 1.54) is 0 Å². The molecule has 12 heavy (non-hydrogen) atoms. The van der Waals surface area contributed by atoms with Gasteiger partial charge in [0.2, 0.25) is 0 Å². The summed E-state index contributed by atoms with van der Waals surface area (Å²) in [7, 11) is 0. The fourth-order valence-electron chi connectivity index (χ4n) is 1.08. The van der Waals surface area contributed by atoms with Crippen LogP contribution in [0, 0.1) is 0 Å². The quantitative estimate of drug-likeness (QED) is 0.746. The Bertz CT molecular complexity index is 255. The number of rotatable bonds is 3. The van der Waals surface area contributed by atoms with Crippen molar-refractivity contribution >= 4 is 15.9 Å². The fourth-order valence-corrected chi connectivity index (χ4v) is 1.33. The highest BCUT2D eigenvalue weighted by atomic mass is 79.9. The van der Waals surface area contributed by atoms with Crippen molar-refractivity contribution in [2.45, 2.75) is 32.7 Å². The molecule has 0 aliphatic heterocycles. The summed E-state index contributed by atoms with van der Waals surface area (Å²) in [6, 6.07) is 0. The Morgan fingerprint density at radius 1 is 1.58 bits per heavy atom. The molecular formula is C8H14BrN3. The molecule has 68 valence electrons. The van der Waals surface area contributed by atoms with Gasteiger partial charge in [0.15, 0.2) is 0 Å². The minimum absolute atomic E-state index is 0.0620. The summed E-state index contributed by atoms with van der Waals surface area (Å²) in [5.74, 6) is 1.04. The Hall–Kier alpha value is -0.380. The van der Waals surface area contributed by atoms with Gasteiger partial charge in [0, 0.05) is 17.3 Å². The monoisotopic (exact) mass is 231 g/mol. The second-order valence-corrected chi connectivity index (χ2v) is 3.98. The van der Waals surface area contributed by atoms with Gasteiger partial charge in [-0.2, -0.15) is 5.10 Å². The smallest absolute Gasteiger partial charge is 0.138 e. The predicted octanol–water partition coefficient (Wildman–Crippen LogP) is 1.97. The van der Waals surface area contributed by atoms with Crippen LogP contribution in [0.25, 0.3) is 0 Å². The van der Waals surface area contributed by atoms with Gasteiger partial charge in [0.05, 0.1) is 0 Å². The zero-order valence-corrected chi connectivity index (χ0v) is 9.30. The Labute approximate surface area is 81.3 Å². The number of hydrogen-bond donors (Lipinski definition) is 0. The topological polar surface area (TPSA) is 30.7 Å². The first kappa shape index (κ1) is 9.71. The van der Waals surface area contributed by atoms with E-state index in [1.54, 1.807) is 6.33 Å². The first-order chi connectivity index (χ1) is 5.61. The van der Waals surface area contributed by atoms with Crippen LogP contribution in [-0.4, -0.2) is 20.1 Å². The first-order valence-corrected chi connectivity index (χ1v) is 5.18. The average Bonchev–Trinajstić information content (AvgIpc) is 2.52. The van der Waals surface area contributed by atoms with Crippen LogP contribution in [0.1, 0.15) is 26.6 Å². The molecule has 0 saturated heterocycles.